The van der Waals surface area contributed by atoms with Crippen molar-refractivity contribution in [1.29, 1.82) is 0 Å². The van der Waals surface area contributed by atoms with Crippen LogP contribution in [0.2, 0.25) is 5.02 Å². The molecule has 1 aromatic carbocycles. The molecule has 1 unspecified atom stereocenters. The molecule has 5 heteroatoms. The lowest BCUT2D eigenvalue weighted by atomic mass is 10.2. The van der Waals surface area contributed by atoms with Gasteiger partial charge in [0.15, 0.2) is 0 Å². The van der Waals surface area contributed by atoms with Crippen LogP contribution in [0.15, 0.2) is 24.3 Å². The van der Waals surface area contributed by atoms with Gasteiger partial charge in [-0.15, -0.1) is 0 Å². The molecule has 17 heavy (non-hydrogen) atoms. The Bertz CT molecular complexity index is 410. The van der Waals surface area contributed by atoms with Crippen LogP contribution in [-0.4, -0.2) is 29.8 Å². The lowest BCUT2D eigenvalue weighted by Crippen LogP contribution is -2.32. The maximum absolute atomic E-state index is 11.6. The second-order valence-corrected chi connectivity index (χ2v) is 4.46. The molecule has 1 aliphatic heterocycles. The Kier molecular flexibility index (Phi) is 3.99. The van der Waals surface area contributed by atoms with Crippen LogP contribution in [0.1, 0.15) is 12.0 Å². The molecule has 2 atom stereocenters. The number of halogens is 1. The van der Waals surface area contributed by atoms with E-state index in [9.17, 15) is 9.90 Å². The fraction of sp³-hybridized carbons (Fsp3) is 0.417. The highest BCUT2D eigenvalue weighted by Gasteiger charge is 2.29. The van der Waals surface area contributed by atoms with Crippen LogP contribution in [0.5, 0.6) is 0 Å². The van der Waals surface area contributed by atoms with Crippen molar-refractivity contribution >= 4 is 17.6 Å². The standard InChI is InChI=1S/C12H14ClNO3/c13-10-4-2-1-3-8(10)7-17-12(16)11-5-9(15)6-14-11/h1-4,9,11,14-15H,5-7H2/t9?,11-/m0/s1. The van der Waals surface area contributed by atoms with Crippen molar-refractivity contribution in [1.82, 2.24) is 5.32 Å². The summed E-state index contributed by atoms with van der Waals surface area (Å²) in [4.78, 5) is 11.6. The minimum Gasteiger partial charge on any atom is -0.460 e. The number of benzene rings is 1. The Hall–Kier alpha value is -1.10. The number of nitrogens with one attached hydrogen (secondary N) is 1. The normalized spacial score (nSPS) is 23.6. The van der Waals surface area contributed by atoms with Crippen molar-refractivity contribution in [2.24, 2.45) is 0 Å². The molecule has 4 nitrogen and oxygen atoms in total. The third kappa shape index (κ3) is 3.19. The van der Waals surface area contributed by atoms with Crippen LogP contribution in [0, 0.1) is 0 Å². The number of ether oxygens (including phenoxy) is 1. The molecule has 0 bridgehead atoms. The second-order valence-electron chi connectivity index (χ2n) is 4.05. The van der Waals surface area contributed by atoms with Gasteiger partial charge in [0, 0.05) is 23.6 Å². The average molecular weight is 256 g/mol. The summed E-state index contributed by atoms with van der Waals surface area (Å²) in [5.41, 5.74) is 0.779. The largest absolute Gasteiger partial charge is 0.460 e. The molecule has 2 N–H and O–H groups in total. The first kappa shape index (κ1) is 12.4. The van der Waals surface area contributed by atoms with Gasteiger partial charge in [-0.25, -0.2) is 0 Å². The smallest absolute Gasteiger partial charge is 0.323 e. The zero-order valence-electron chi connectivity index (χ0n) is 9.23. The van der Waals surface area contributed by atoms with E-state index in [2.05, 4.69) is 5.32 Å². The van der Waals surface area contributed by atoms with Crippen molar-refractivity contribution in [2.75, 3.05) is 6.54 Å². The molecule has 0 spiro atoms. The molecule has 0 radical (unpaired) electrons. The number of aliphatic hydroxyl groups excluding tert-OH is 1. The average Bonchev–Trinajstić information content (AvgIpc) is 2.74. The van der Waals surface area contributed by atoms with Gasteiger partial charge < -0.3 is 15.2 Å². The van der Waals surface area contributed by atoms with Gasteiger partial charge in [0.1, 0.15) is 12.6 Å². The van der Waals surface area contributed by atoms with Gasteiger partial charge in [0.25, 0.3) is 0 Å². The van der Waals surface area contributed by atoms with Gasteiger partial charge in [0.05, 0.1) is 6.10 Å². The van der Waals surface area contributed by atoms with E-state index in [4.69, 9.17) is 16.3 Å². The van der Waals surface area contributed by atoms with Gasteiger partial charge >= 0.3 is 5.97 Å². The highest BCUT2D eigenvalue weighted by Crippen LogP contribution is 2.16. The van der Waals surface area contributed by atoms with Crippen molar-refractivity contribution in [3.63, 3.8) is 0 Å². The van der Waals surface area contributed by atoms with Gasteiger partial charge in [-0.1, -0.05) is 29.8 Å². The molecule has 0 aliphatic carbocycles. The number of rotatable bonds is 3. The highest BCUT2D eigenvalue weighted by molar-refractivity contribution is 6.31. The second kappa shape index (κ2) is 5.49. The van der Waals surface area contributed by atoms with Crippen molar-refractivity contribution < 1.29 is 14.6 Å². The topological polar surface area (TPSA) is 58.6 Å². The maximum Gasteiger partial charge on any atom is 0.323 e. The zero-order valence-corrected chi connectivity index (χ0v) is 9.98. The van der Waals surface area contributed by atoms with Crippen LogP contribution in [0.25, 0.3) is 0 Å². The van der Waals surface area contributed by atoms with E-state index in [1.807, 2.05) is 18.2 Å². The zero-order chi connectivity index (χ0) is 12.3. The molecule has 0 amide bonds. The molecular weight excluding hydrogens is 242 g/mol. The quantitative estimate of drug-likeness (QED) is 0.795. The third-order valence-corrected chi connectivity index (χ3v) is 3.09. The van der Waals surface area contributed by atoms with Crippen molar-refractivity contribution in [3.05, 3.63) is 34.9 Å². The lowest BCUT2D eigenvalue weighted by Gasteiger charge is -2.10. The number of carbonyl (C=O) groups excluding carboxylic acids is 1. The van der Waals surface area contributed by atoms with E-state index in [0.29, 0.717) is 18.0 Å². The summed E-state index contributed by atoms with van der Waals surface area (Å²) in [6, 6.07) is 6.82. The summed E-state index contributed by atoms with van der Waals surface area (Å²) in [6.07, 6.45) is -0.0608. The monoisotopic (exact) mass is 255 g/mol. The van der Waals surface area contributed by atoms with E-state index < -0.39 is 12.1 Å². The van der Waals surface area contributed by atoms with Crippen LogP contribution in [-0.2, 0) is 16.1 Å². The molecular formula is C12H14ClNO3. The summed E-state index contributed by atoms with van der Waals surface area (Å²) in [7, 11) is 0. The summed E-state index contributed by atoms with van der Waals surface area (Å²) in [5, 5.41) is 12.8. The molecule has 0 aromatic heterocycles. The summed E-state index contributed by atoms with van der Waals surface area (Å²) < 4.78 is 5.14. The predicted octanol–water partition coefficient (Wildman–Crippen LogP) is 1.11. The van der Waals surface area contributed by atoms with Gasteiger partial charge in [-0.05, 0) is 6.07 Å². The summed E-state index contributed by atoms with van der Waals surface area (Å²) in [5.74, 6) is -0.346. The first-order valence-electron chi connectivity index (χ1n) is 5.48. The van der Waals surface area contributed by atoms with E-state index in [-0.39, 0.29) is 12.6 Å². The number of aliphatic hydroxyl groups is 1. The fourth-order valence-corrected chi connectivity index (χ4v) is 1.95. The molecule has 0 saturated carbocycles. The molecule has 1 aromatic rings. The van der Waals surface area contributed by atoms with Crippen LogP contribution in [0.4, 0.5) is 0 Å². The molecule has 1 heterocycles. The Morgan fingerprint density at radius 3 is 2.94 bits per heavy atom. The van der Waals surface area contributed by atoms with E-state index in [0.717, 1.165) is 5.56 Å². The number of esters is 1. The first-order chi connectivity index (χ1) is 8.16. The molecule has 92 valence electrons. The van der Waals surface area contributed by atoms with E-state index in [1.165, 1.54) is 0 Å². The van der Waals surface area contributed by atoms with Gasteiger partial charge in [0.2, 0.25) is 0 Å². The third-order valence-electron chi connectivity index (χ3n) is 2.72. The molecule has 2 rings (SSSR count). The number of hydrogen-bond donors (Lipinski definition) is 2. The van der Waals surface area contributed by atoms with Gasteiger partial charge in [-0.2, -0.15) is 0 Å². The van der Waals surface area contributed by atoms with Crippen LogP contribution in [0.3, 0.4) is 0 Å². The van der Waals surface area contributed by atoms with Crippen molar-refractivity contribution in [3.8, 4) is 0 Å². The Labute approximate surface area is 105 Å². The highest BCUT2D eigenvalue weighted by atomic mass is 35.5. The molecule has 1 saturated heterocycles. The van der Waals surface area contributed by atoms with Crippen LogP contribution >= 0.6 is 11.6 Å². The number of β-amino-alcohol motifs (C(OH)–C–C–N with tert-alkyl or cyclic N) is 1. The maximum atomic E-state index is 11.6. The first-order valence-corrected chi connectivity index (χ1v) is 5.86. The fourth-order valence-electron chi connectivity index (χ4n) is 1.76. The van der Waals surface area contributed by atoms with E-state index >= 15 is 0 Å². The molecule has 1 aliphatic rings. The van der Waals surface area contributed by atoms with Gasteiger partial charge in [-0.3, -0.25) is 4.79 Å². The Balaban J connectivity index is 1.86. The van der Waals surface area contributed by atoms with E-state index in [1.54, 1.807) is 6.07 Å². The summed E-state index contributed by atoms with van der Waals surface area (Å²) >= 11 is 5.94. The number of hydrogen-bond acceptors (Lipinski definition) is 4. The lowest BCUT2D eigenvalue weighted by molar-refractivity contribution is -0.147. The summed E-state index contributed by atoms with van der Waals surface area (Å²) in [6.45, 7) is 0.596. The SMILES string of the molecule is O=C(OCc1ccccc1Cl)[C@@H]1CC(O)CN1. The predicted molar refractivity (Wildman–Crippen MR) is 63.7 cm³/mol. The number of carbonyl (C=O) groups is 1. The minimum atomic E-state index is -0.465. The Morgan fingerprint density at radius 2 is 2.29 bits per heavy atom. The van der Waals surface area contributed by atoms with Crippen LogP contribution < -0.4 is 5.32 Å². The molecule has 1 fully saturated rings. The van der Waals surface area contributed by atoms with Crippen molar-refractivity contribution in [2.45, 2.75) is 25.2 Å². The minimum absolute atomic E-state index is 0.160. The Morgan fingerprint density at radius 1 is 1.53 bits per heavy atom.